The van der Waals surface area contributed by atoms with Crippen LogP contribution in [0, 0.1) is 10.1 Å². The third-order valence-electron chi connectivity index (χ3n) is 3.60. The molecule has 0 atom stereocenters. The average molecular weight is 293 g/mol. The maximum absolute atomic E-state index is 10.8. The standard InChI is InChI=1S/C17H15N3O2/c21-20(22)17-12-19(13-18-17)11-16(14-7-3-1-4-8-14)15-9-5-2-6-10-15/h1-10,12-13,16H,11H2. The number of benzene rings is 2. The van der Waals surface area contributed by atoms with Crippen LogP contribution in [0.1, 0.15) is 17.0 Å². The Bertz CT molecular complexity index is 714. The Morgan fingerprint density at radius 2 is 1.55 bits per heavy atom. The van der Waals surface area contributed by atoms with Gasteiger partial charge in [-0.05, 0) is 21.0 Å². The monoisotopic (exact) mass is 293 g/mol. The Morgan fingerprint density at radius 3 is 2.00 bits per heavy atom. The zero-order valence-corrected chi connectivity index (χ0v) is 11.9. The molecule has 1 heterocycles. The molecule has 0 amide bonds. The van der Waals surface area contributed by atoms with E-state index in [1.165, 1.54) is 23.7 Å². The van der Waals surface area contributed by atoms with Crippen molar-refractivity contribution >= 4 is 5.82 Å². The predicted molar refractivity (Wildman–Crippen MR) is 83.6 cm³/mol. The molecule has 3 rings (SSSR count). The van der Waals surface area contributed by atoms with E-state index in [4.69, 9.17) is 0 Å². The first kappa shape index (κ1) is 14.0. The van der Waals surface area contributed by atoms with Gasteiger partial charge >= 0.3 is 5.82 Å². The lowest BCUT2D eigenvalue weighted by atomic mass is 9.91. The fourth-order valence-electron chi connectivity index (χ4n) is 2.53. The molecule has 0 unspecified atom stereocenters. The molecular formula is C17H15N3O2. The summed E-state index contributed by atoms with van der Waals surface area (Å²) in [5.41, 5.74) is 2.34. The maximum atomic E-state index is 10.8. The van der Waals surface area contributed by atoms with Crippen molar-refractivity contribution in [3.8, 4) is 0 Å². The molecule has 0 aliphatic rings. The Morgan fingerprint density at radius 1 is 1.00 bits per heavy atom. The van der Waals surface area contributed by atoms with Gasteiger partial charge in [-0.25, -0.2) is 0 Å². The molecule has 0 saturated heterocycles. The molecule has 0 aliphatic heterocycles. The first-order valence-corrected chi connectivity index (χ1v) is 7.00. The fraction of sp³-hybridized carbons (Fsp3) is 0.118. The van der Waals surface area contributed by atoms with E-state index in [-0.39, 0.29) is 11.7 Å². The molecule has 2 aromatic carbocycles. The highest BCUT2D eigenvalue weighted by Gasteiger charge is 2.17. The molecule has 0 spiro atoms. The van der Waals surface area contributed by atoms with Crippen molar-refractivity contribution in [2.75, 3.05) is 0 Å². The highest BCUT2D eigenvalue weighted by Crippen LogP contribution is 2.26. The third kappa shape index (κ3) is 3.03. The van der Waals surface area contributed by atoms with E-state index in [0.717, 1.165) is 0 Å². The number of nitrogens with zero attached hydrogens (tertiary/aromatic N) is 3. The van der Waals surface area contributed by atoms with Gasteiger partial charge in [0.05, 0.1) is 0 Å². The molecule has 3 aromatic rings. The normalized spacial score (nSPS) is 10.8. The second-order valence-corrected chi connectivity index (χ2v) is 5.06. The Kier molecular flexibility index (Phi) is 3.96. The molecule has 5 heteroatoms. The van der Waals surface area contributed by atoms with Crippen molar-refractivity contribution < 1.29 is 4.92 Å². The van der Waals surface area contributed by atoms with E-state index in [2.05, 4.69) is 29.2 Å². The van der Waals surface area contributed by atoms with Crippen LogP contribution in [0.15, 0.2) is 73.2 Å². The molecule has 1 aromatic heterocycles. The Labute approximate surface area is 128 Å². The summed E-state index contributed by atoms with van der Waals surface area (Å²) in [6.45, 7) is 0.606. The number of imidazole rings is 1. The van der Waals surface area contributed by atoms with Crippen molar-refractivity contribution in [2.24, 2.45) is 0 Å². The SMILES string of the molecule is O=[N+]([O-])c1cn(CC(c2ccccc2)c2ccccc2)cn1. The maximum Gasteiger partial charge on any atom is 0.381 e. The van der Waals surface area contributed by atoms with E-state index in [1.54, 1.807) is 4.57 Å². The van der Waals surface area contributed by atoms with Crippen molar-refractivity contribution in [3.05, 3.63) is 94.4 Å². The summed E-state index contributed by atoms with van der Waals surface area (Å²) in [7, 11) is 0. The molecule has 110 valence electrons. The number of hydrogen-bond acceptors (Lipinski definition) is 3. The smallest absolute Gasteiger partial charge is 0.358 e. The third-order valence-corrected chi connectivity index (χ3v) is 3.60. The van der Waals surface area contributed by atoms with Gasteiger partial charge in [0, 0.05) is 12.5 Å². The lowest BCUT2D eigenvalue weighted by Gasteiger charge is -2.18. The molecule has 22 heavy (non-hydrogen) atoms. The largest absolute Gasteiger partial charge is 0.381 e. The molecule has 0 N–H and O–H groups in total. The van der Waals surface area contributed by atoms with Crippen molar-refractivity contribution in [1.82, 2.24) is 9.55 Å². The summed E-state index contributed by atoms with van der Waals surface area (Å²) >= 11 is 0. The number of aromatic nitrogens is 2. The number of rotatable bonds is 5. The van der Waals surface area contributed by atoms with E-state index >= 15 is 0 Å². The van der Waals surface area contributed by atoms with E-state index < -0.39 is 4.92 Å². The van der Waals surface area contributed by atoms with Crippen LogP contribution in [0.3, 0.4) is 0 Å². The summed E-state index contributed by atoms with van der Waals surface area (Å²) in [6, 6.07) is 20.3. The molecule has 0 bridgehead atoms. The molecule has 0 fully saturated rings. The van der Waals surface area contributed by atoms with Crippen LogP contribution in [0.4, 0.5) is 5.82 Å². The Hall–Kier alpha value is -2.95. The van der Waals surface area contributed by atoms with E-state index in [0.29, 0.717) is 6.54 Å². The zero-order valence-electron chi connectivity index (χ0n) is 11.9. The zero-order chi connectivity index (χ0) is 15.4. The van der Waals surface area contributed by atoms with Crippen LogP contribution in [-0.4, -0.2) is 14.5 Å². The van der Waals surface area contributed by atoms with Gasteiger partial charge in [-0.15, -0.1) is 0 Å². The second kappa shape index (κ2) is 6.22. The minimum atomic E-state index is -0.476. The van der Waals surface area contributed by atoms with Gasteiger partial charge < -0.3 is 14.7 Å². The summed E-state index contributed by atoms with van der Waals surface area (Å²) in [6.07, 6.45) is 2.98. The van der Waals surface area contributed by atoms with Gasteiger partial charge in [0.1, 0.15) is 6.20 Å². The summed E-state index contributed by atoms with van der Waals surface area (Å²) < 4.78 is 1.77. The van der Waals surface area contributed by atoms with Crippen molar-refractivity contribution in [1.29, 1.82) is 0 Å². The Balaban J connectivity index is 1.93. The topological polar surface area (TPSA) is 61.0 Å². The van der Waals surface area contributed by atoms with Gasteiger partial charge in [-0.3, -0.25) is 0 Å². The highest BCUT2D eigenvalue weighted by molar-refractivity contribution is 5.32. The highest BCUT2D eigenvalue weighted by atomic mass is 16.6. The van der Waals surface area contributed by atoms with Gasteiger partial charge in [-0.1, -0.05) is 60.7 Å². The minimum absolute atomic E-state index is 0.121. The number of nitro groups is 1. The molecule has 0 aliphatic carbocycles. The molecular weight excluding hydrogens is 278 g/mol. The van der Waals surface area contributed by atoms with Gasteiger partial charge in [-0.2, -0.15) is 0 Å². The molecule has 0 radical (unpaired) electrons. The minimum Gasteiger partial charge on any atom is -0.358 e. The van der Waals surface area contributed by atoms with Crippen LogP contribution < -0.4 is 0 Å². The second-order valence-electron chi connectivity index (χ2n) is 5.06. The van der Waals surface area contributed by atoms with Gasteiger partial charge in [0.15, 0.2) is 0 Å². The first-order chi connectivity index (χ1) is 10.7. The number of hydrogen-bond donors (Lipinski definition) is 0. The van der Waals surface area contributed by atoms with E-state index in [9.17, 15) is 10.1 Å². The average Bonchev–Trinajstić information content (AvgIpc) is 3.03. The lowest BCUT2D eigenvalue weighted by molar-refractivity contribution is -0.389. The van der Waals surface area contributed by atoms with E-state index in [1.807, 2.05) is 36.4 Å². The lowest BCUT2D eigenvalue weighted by Crippen LogP contribution is -2.09. The predicted octanol–water partition coefficient (Wildman–Crippen LogP) is 3.62. The summed E-state index contributed by atoms with van der Waals surface area (Å²) in [5, 5.41) is 10.8. The van der Waals surface area contributed by atoms with Crippen LogP contribution in [0.25, 0.3) is 0 Å². The first-order valence-electron chi connectivity index (χ1n) is 7.00. The summed E-state index contributed by atoms with van der Waals surface area (Å²) in [5.74, 6) is -0.00363. The van der Waals surface area contributed by atoms with Gasteiger partial charge in [0.25, 0.3) is 0 Å². The summed E-state index contributed by atoms with van der Waals surface area (Å²) in [4.78, 5) is 14.1. The van der Waals surface area contributed by atoms with Crippen molar-refractivity contribution in [3.63, 3.8) is 0 Å². The fourth-order valence-corrected chi connectivity index (χ4v) is 2.53. The van der Waals surface area contributed by atoms with Crippen LogP contribution in [0.2, 0.25) is 0 Å². The molecule has 0 saturated carbocycles. The van der Waals surface area contributed by atoms with Gasteiger partial charge in [0.2, 0.25) is 6.33 Å². The van der Waals surface area contributed by atoms with Crippen LogP contribution >= 0.6 is 0 Å². The van der Waals surface area contributed by atoms with Crippen molar-refractivity contribution in [2.45, 2.75) is 12.5 Å². The quantitative estimate of drug-likeness (QED) is 0.533. The van der Waals surface area contributed by atoms with Crippen LogP contribution in [0.5, 0.6) is 0 Å². The molecule has 5 nitrogen and oxygen atoms in total. The van der Waals surface area contributed by atoms with Crippen LogP contribution in [-0.2, 0) is 6.54 Å².